The van der Waals surface area contributed by atoms with Crippen molar-refractivity contribution in [2.45, 2.75) is 26.7 Å². The normalized spacial score (nSPS) is 10.4. The van der Waals surface area contributed by atoms with Gasteiger partial charge in [-0.15, -0.1) is 10.2 Å². The molecule has 0 bridgehead atoms. The highest BCUT2D eigenvalue weighted by Crippen LogP contribution is 2.21. The Morgan fingerprint density at radius 1 is 1.24 bits per heavy atom. The van der Waals surface area contributed by atoms with Crippen LogP contribution in [0.4, 0.5) is 0 Å². The number of aryl methyl sites for hydroxylation is 1. The number of nitrogens with zero attached hydrogens (tertiary/aromatic N) is 2. The Labute approximate surface area is 123 Å². The van der Waals surface area contributed by atoms with Crippen LogP contribution in [0.2, 0.25) is 0 Å². The summed E-state index contributed by atoms with van der Waals surface area (Å²) in [5.41, 5.74) is 0.824. The average molecular weight is 289 g/mol. The smallest absolute Gasteiger partial charge is 0.257 e. The van der Waals surface area contributed by atoms with E-state index in [0.29, 0.717) is 30.5 Å². The first-order valence-electron chi connectivity index (χ1n) is 7.05. The zero-order valence-electron chi connectivity index (χ0n) is 12.3. The molecule has 6 nitrogen and oxygen atoms in total. The summed E-state index contributed by atoms with van der Waals surface area (Å²) >= 11 is 0. The molecular formula is C15H19N3O3. The van der Waals surface area contributed by atoms with Crippen LogP contribution in [0.5, 0.6) is 5.75 Å². The number of aromatic nitrogens is 2. The Morgan fingerprint density at radius 2 is 2.00 bits per heavy atom. The number of hydrogen-bond acceptors (Lipinski definition) is 5. The second kappa shape index (κ2) is 7.42. The van der Waals surface area contributed by atoms with Gasteiger partial charge in [0.2, 0.25) is 11.8 Å². The lowest BCUT2D eigenvalue weighted by Crippen LogP contribution is -2.29. The van der Waals surface area contributed by atoms with Gasteiger partial charge in [0, 0.05) is 18.5 Å². The number of hydrogen-bond donors (Lipinski definition) is 1. The largest absolute Gasteiger partial charge is 0.484 e. The minimum Gasteiger partial charge on any atom is -0.484 e. The highest BCUT2D eigenvalue weighted by atomic mass is 16.5. The first-order valence-corrected chi connectivity index (χ1v) is 7.05. The number of rotatable bonds is 7. The Bertz CT molecular complexity index is 578. The van der Waals surface area contributed by atoms with E-state index in [-0.39, 0.29) is 12.5 Å². The molecule has 0 atom stereocenters. The van der Waals surface area contributed by atoms with Gasteiger partial charge >= 0.3 is 0 Å². The van der Waals surface area contributed by atoms with E-state index >= 15 is 0 Å². The van der Waals surface area contributed by atoms with Gasteiger partial charge in [-0.3, -0.25) is 4.79 Å². The first-order chi connectivity index (χ1) is 10.2. The molecule has 0 aliphatic carbocycles. The van der Waals surface area contributed by atoms with Gasteiger partial charge in [-0.2, -0.15) is 0 Å². The summed E-state index contributed by atoms with van der Waals surface area (Å²) in [6.07, 6.45) is 1.62. The SMILES string of the molecule is CCCNC(=O)COc1ccc(-c2nnc(CC)o2)cc1. The van der Waals surface area contributed by atoms with Crippen LogP contribution >= 0.6 is 0 Å². The van der Waals surface area contributed by atoms with Crippen molar-refractivity contribution in [3.63, 3.8) is 0 Å². The van der Waals surface area contributed by atoms with E-state index < -0.39 is 0 Å². The van der Waals surface area contributed by atoms with Gasteiger partial charge in [0.1, 0.15) is 5.75 Å². The van der Waals surface area contributed by atoms with Crippen LogP contribution in [-0.4, -0.2) is 29.3 Å². The van der Waals surface area contributed by atoms with Gasteiger partial charge in [0.25, 0.3) is 5.91 Å². The molecule has 0 unspecified atom stereocenters. The van der Waals surface area contributed by atoms with Crippen molar-refractivity contribution in [3.8, 4) is 17.2 Å². The van der Waals surface area contributed by atoms with Gasteiger partial charge in [-0.05, 0) is 30.7 Å². The van der Waals surface area contributed by atoms with Gasteiger partial charge in [0.15, 0.2) is 6.61 Å². The molecule has 0 aliphatic rings. The van der Waals surface area contributed by atoms with Gasteiger partial charge in [0.05, 0.1) is 0 Å². The van der Waals surface area contributed by atoms with Crippen LogP contribution in [0.1, 0.15) is 26.2 Å². The molecule has 2 rings (SSSR count). The topological polar surface area (TPSA) is 77.2 Å². The van der Waals surface area contributed by atoms with Crippen molar-refractivity contribution >= 4 is 5.91 Å². The number of benzene rings is 1. The number of carbonyl (C=O) groups is 1. The third-order valence-electron chi connectivity index (χ3n) is 2.81. The minimum atomic E-state index is -0.120. The Morgan fingerprint density at radius 3 is 2.62 bits per heavy atom. The summed E-state index contributed by atoms with van der Waals surface area (Å²) in [4.78, 5) is 11.4. The maximum Gasteiger partial charge on any atom is 0.257 e. The van der Waals surface area contributed by atoms with Crippen molar-refractivity contribution < 1.29 is 13.9 Å². The molecule has 0 fully saturated rings. The van der Waals surface area contributed by atoms with Crippen LogP contribution in [0.3, 0.4) is 0 Å². The van der Waals surface area contributed by atoms with E-state index in [1.807, 2.05) is 26.0 Å². The molecule has 0 aliphatic heterocycles. The van der Waals surface area contributed by atoms with Crippen molar-refractivity contribution in [1.82, 2.24) is 15.5 Å². The lowest BCUT2D eigenvalue weighted by molar-refractivity contribution is -0.123. The van der Waals surface area contributed by atoms with E-state index in [1.165, 1.54) is 0 Å². The van der Waals surface area contributed by atoms with Crippen LogP contribution < -0.4 is 10.1 Å². The molecule has 1 amide bonds. The summed E-state index contributed by atoms with van der Waals surface area (Å²) in [5, 5.41) is 10.6. The zero-order valence-corrected chi connectivity index (χ0v) is 12.3. The minimum absolute atomic E-state index is 0.0138. The lowest BCUT2D eigenvalue weighted by atomic mass is 10.2. The van der Waals surface area contributed by atoms with Crippen molar-refractivity contribution in [1.29, 1.82) is 0 Å². The lowest BCUT2D eigenvalue weighted by Gasteiger charge is -2.06. The predicted octanol–water partition coefficient (Wildman–Crippen LogP) is 2.20. The Hall–Kier alpha value is -2.37. The quantitative estimate of drug-likeness (QED) is 0.845. The molecule has 112 valence electrons. The van der Waals surface area contributed by atoms with Gasteiger partial charge in [-0.1, -0.05) is 13.8 Å². The molecular weight excluding hydrogens is 270 g/mol. The van der Waals surface area contributed by atoms with Gasteiger partial charge in [-0.25, -0.2) is 0 Å². The maximum absolute atomic E-state index is 11.4. The molecule has 1 aromatic carbocycles. The van der Waals surface area contributed by atoms with Crippen molar-refractivity contribution in [2.75, 3.05) is 13.2 Å². The molecule has 21 heavy (non-hydrogen) atoms. The number of ether oxygens (including phenoxy) is 1. The van der Waals surface area contributed by atoms with Crippen LogP contribution in [0.25, 0.3) is 11.5 Å². The summed E-state index contributed by atoms with van der Waals surface area (Å²) in [5.74, 6) is 1.60. The molecule has 0 saturated heterocycles. The van der Waals surface area contributed by atoms with Crippen LogP contribution in [0, 0.1) is 0 Å². The van der Waals surface area contributed by atoms with Crippen molar-refractivity contribution in [3.05, 3.63) is 30.2 Å². The Balaban J connectivity index is 1.91. The molecule has 1 aromatic heterocycles. The summed E-state index contributed by atoms with van der Waals surface area (Å²) in [6.45, 7) is 4.64. The second-order valence-electron chi connectivity index (χ2n) is 4.52. The molecule has 1 N–H and O–H groups in total. The number of carbonyl (C=O) groups excluding carboxylic acids is 1. The van der Waals surface area contributed by atoms with E-state index in [4.69, 9.17) is 9.15 Å². The van der Waals surface area contributed by atoms with E-state index in [0.717, 1.165) is 12.0 Å². The average Bonchev–Trinajstić information content (AvgIpc) is 3.00. The Kier molecular flexibility index (Phi) is 5.31. The summed E-state index contributed by atoms with van der Waals surface area (Å²) in [7, 11) is 0. The standard InChI is InChI=1S/C15H19N3O3/c1-3-9-16-13(19)10-20-12-7-5-11(6-8-12)15-18-17-14(4-2)21-15/h5-8H,3-4,9-10H2,1-2H3,(H,16,19). The monoisotopic (exact) mass is 289 g/mol. The fourth-order valence-corrected chi connectivity index (χ4v) is 1.67. The van der Waals surface area contributed by atoms with E-state index in [9.17, 15) is 4.79 Å². The number of amides is 1. The fraction of sp³-hybridized carbons (Fsp3) is 0.400. The first kappa shape index (κ1) is 15.0. The highest BCUT2D eigenvalue weighted by molar-refractivity contribution is 5.77. The van der Waals surface area contributed by atoms with Crippen LogP contribution in [-0.2, 0) is 11.2 Å². The third-order valence-corrected chi connectivity index (χ3v) is 2.81. The van der Waals surface area contributed by atoms with E-state index in [2.05, 4.69) is 15.5 Å². The highest BCUT2D eigenvalue weighted by Gasteiger charge is 2.07. The molecule has 0 spiro atoms. The second-order valence-corrected chi connectivity index (χ2v) is 4.52. The van der Waals surface area contributed by atoms with Gasteiger partial charge < -0.3 is 14.5 Å². The third kappa shape index (κ3) is 4.30. The molecule has 2 aromatic rings. The van der Waals surface area contributed by atoms with Crippen molar-refractivity contribution in [2.24, 2.45) is 0 Å². The maximum atomic E-state index is 11.4. The predicted molar refractivity (Wildman–Crippen MR) is 77.9 cm³/mol. The summed E-state index contributed by atoms with van der Waals surface area (Å²) < 4.78 is 10.9. The molecule has 0 radical (unpaired) electrons. The zero-order chi connectivity index (χ0) is 15.1. The molecule has 6 heteroatoms. The number of nitrogens with one attached hydrogen (secondary N) is 1. The fourth-order valence-electron chi connectivity index (χ4n) is 1.67. The summed E-state index contributed by atoms with van der Waals surface area (Å²) in [6, 6.07) is 7.20. The van der Waals surface area contributed by atoms with Crippen LogP contribution in [0.15, 0.2) is 28.7 Å². The van der Waals surface area contributed by atoms with E-state index in [1.54, 1.807) is 12.1 Å². The molecule has 1 heterocycles. The molecule has 0 saturated carbocycles.